The molecule has 0 aliphatic carbocycles. The van der Waals surface area contributed by atoms with E-state index in [1.54, 1.807) is 0 Å². The van der Waals surface area contributed by atoms with Crippen LogP contribution >= 0.6 is 27.3 Å². The topological polar surface area (TPSA) is 37.8 Å². The highest BCUT2D eigenvalue weighted by Gasteiger charge is 2.19. The molecule has 0 spiro atoms. The summed E-state index contributed by atoms with van der Waals surface area (Å²) < 4.78 is 0.755. The van der Waals surface area contributed by atoms with E-state index in [4.69, 9.17) is 6.42 Å². The Balaban J connectivity index is 2.74. The van der Waals surface area contributed by atoms with E-state index >= 15 is 0 Å². The highest BCUT2D eigenvalue weighted by molar-refractivity contribution is 9.11. The van der Waals surface area contributed by atoms with Crippen molar-refractivity contribution in [2.24, 2.45) is 0 Å². The molecule has 0 saturated carbocycles. The van der Waals surface area contributed by atoms with Gasteiger partial charge in [0.1, 0.15) is 0 Å². The third-order valence-electron chi connectivity index (χ3n) is 1.81. The molecule has 3 nitrogen and oxygen atoms in total. The first-order valence-electron chi connectivity index (χ1n) is 3.84. The van der Waals surface area contributed by atoms with Crippen molar-refractivity contribution in [1.82, 2.24) is 10.2 Å². The molecule has 1 atom stereocenters. The lowest BCUT2D eigenvalue weighted by Gasteiger charge is -2.22. The van der Waals surface area contributed by atoms with Crippen LogP contribution in [-0.2, 0) is 0 Å². The Bertz CT molecular complexity index is 330. The van der Waals surface area contributed by atoms with Gasteiger partial charge in [-0.05, 0) is 29.3 Å². The summed E-state index contributed by atoms with van der Waals surface area (Å²) in [6.07, 6.45) is 6.25. The van der Waals surface area contributed by atoms with Crippen molar-refractivity contribution in [2.45, 2.75) is 25.8 Å². The van der Waals surface area contributed by atoms with E-state index in [0.717, 1.165) is 15.5 Å². The van der Waals surface area contributed by atoms with Crippen molar-refractivity contribution >= 4 is 32.4 Å². The van der Waals surface area contributed by atoms with Gasteiger partial charge in [-0.3, -0.25) is 0 Å². The zero-order valence-electron chi connectivity index (χ0n) is 7.47. The Morgan fingerprint density at radius 1 is 1.69 bits per heavy atom. The summed E-state index contributed by atoms with van der Waals surface area (Å²) in [5.41, 5.74) is -0.334. The molecule has 1 heterocycles. The van der Waals surface area contributed by atoms with Gasteiger partial charge in [-0.25, -0.2) is 0 Å². The Labute approximate surface area is 90.1 Å². The molecule has 1 unspecified atom stereocenters. The number of nitrogens with one attached hydrogen (secondary N) is 1. The fourth-order valence-corrected chi connectivity index (χ4v) is 1.86. The van der Waals surface area contributed by atoms with Gasteiger partial charge in [0, 0.05) is 0 Å². The molecule has 0 amide bonds. The minimum atomic E-state index is -0.334. The molecule has 0 radical (unpaired) electrons. The van der Waals surface area contributed by atoms with Gasteiger partial charge in [0.2, 0.25) is 5.13 Å². The van der Waals surface area contributed by atoms with E-state index < -0.39 is 0 Å². The standard InChI is InChI=1S/C8H10BrN3S/c1-4-8(3,5-2)10-7-12-11-6(9)13-7/h1H,5H2,2-3H3,(H,10,12). The van der Waals surface area contributed by atoms with Gasteiger partial charge in [0.25, 0.3) is 0 Å². The number of nitrogens with zero attached hydrogens (tertiary/aromatic N) is 2. The second-order valence-electron chi connectivity index (χ2n) is 2.82. The molecule has 0 aromatic carbocycles. The number of terminal acetylenes is 1. The zero-order valence-corrected chi connectivity index (χ0v) is 9.87. The molecule has 70 valence electrons. The van der Waals surface area contributed by atoms with Crippen molar-refractivity contribution in [3.8, 4) is 12.3 Å². The van der Waals surface area contributed by atoms with E-state index in [-0.39, 0.29) is 5.54 Å². The predicted octanol–water partition coefficient (Wildman–Crippen LogP) is 2.51. The zero-order chi connectivity index (χ0) is 9.90. The monoisotopic (exact) mass is 259 g/mol. The lowest BCUT2D eigenvalue weighted by Crippen LogP contribution is -2.31. The highest BCUT2D eigenvalue weighted by atomic mass is 79.9. The van der Waals surface area contributed by atoms with Crippen LogP contribution in [0.2, 0.25) is 0 Å². The van der Waals surface area contributed by atoms with Gasteiger partial charge < -0.3 is 5.32 Å². The predicted molar refractivity (Wildman–Crippen MR) is 58.8 cm³/mol. The van der Waals surface area contributed by atoms with Gasteiger partial charge in [0.05, 0.1) is 5.54 Å². The number of halogens is 1. The molecule has 0 fully saturated rings. The van der Waals surface area contributed by atoms with Gasteiger partial charge in [-0.1, -0.05) is 24.2 Å². The van der Waals surface area contributed by atoms with Gasteiger partial charge in [-0.15, -0.1) is 16.6 Å². The summed E-state index contributed by atoms with van der Waals surface area (Å²) >= 11 is 4.67. The van der Waals surface area contributed by atoms with E-state index in [1.165, 1.54) is 11.3 Å². The van der Waals surface area contributed by atoms with Crippen molar-refractivity contribution in [3.63, 3.8) is 0 Å². The maximum absolute atomic E-state index is 5.40. The average Bonchev–Trinajstić information content (AvgIpc) is 2.51. The van der Waals surface area contributed by atoms with Gasteiger partial charge in [-0.2, -0.15) is 0 Å². The summed E-state index contributed by atoms with van der Waals surface area (Å²) in [5.74, 6) is 2.70. The quantitative estimate of drug-likeness (QED) is 0.848. The smallest absolute Gasteiger partial charge is 0.207 e. The Morgan fingerprint density at radius 3 is 2.77 bits per heavy atom. The third-order valence-corrected chi connectivity index (χ3v) is 3.08. The van der Waals surface area contributed by atoms with Crippen LogP contribution in [0.1, 0.15) is 20.3 Å². The molecule has 0 aliphatic rings. The van der Waals surface area contributed by atoms with E-state index in [2.05, 4.69) is 37.4 Å². The van der Waals surface area contributed by atoms with Gasteiger partial charge >= 0.3 is 0 Å². The molecular formula is C8H10BrN3S. The number of anilines is 1. The lowest BCUT2D eigenvalue weighted by atomic mass is 10.0. The molecule has 0 bridgehead atoms. The second kappa shape index (κ2) is 4.07. The second-order valence-corrected chi connectivity index (χ2v) is 5.07. The van der Waals surface area contributed by atoms with Crippen molar-refractivity contribution in [2.75, 3.05) is 5.32 Å². The maximum atomic E-state index is 5.40. The minimum absolute atomic E-state index is 0.334. The van der Waals surface area contributed by atoms with Crippen LogP contribution < -0.4 is 5.32 Å². The minimum Gasteiger partial charge on any atom is -0.344 e. The summed E-state index contributed by atoms with van der Waals surface area (Å²) in [6.45, 7) is 3.99. The summed E-state index contributed by atoms with van der Waals surface area (Å²) in [5, 5.41) is 11.6. The SMILES string of the molecule is C#CC(C)(CC)Nc1nnc(Br)s1. The fourth-order valence-electron chi connectivity index (χ4n) is 0.718. The lowest BCUT2D eigenvalue weighted by molar-refractivity contribution is 0.633. The molecule has 5 heteroatoms. The van der Waals surface area contributed by atoms with Crippen molar-refractivity contribution < 1.29 is 0 Å². The molecule has 0 aliphatic heterocycles. The molecular weight excluding hydrogens is 250 g/mol. The van der Waals surface area contributed by atoms with Crippen LogP contribution in [0.5, 0.6) is 0 Å². The summed E-state index contributed by atoms with van der Waals surface area (Å²) in [7, 11) is 0. The first-order chi connectivity index (χ1) is 6.09. The van der Waals surface area contributed by atoms with Crippen molar-refractivity contribution in [3.05, 3.63) is 3.92 Å². The number of hydrogen-bond donors (Lipinski definition) is 1. The third kappa shape index (κ3) is 2.68. The van der Waals surface area contributed by atoms with Crippen LogP contribution in [0, 0.1) is 12.3 Å². The van der Waals surface area contributed by atoms with E-state index in [1.807, 2.05) is 13.8 Å². The Hall–Kier alpha value is -0.600. The summed E-state index contributed by atoms with van der Waals surface area (Å²) in [6, 6.07) is 0. The fraction of sp³-hybridized carbons (Fsp3) is 0.500. The van der Waals surface area contributed by atoms with Gasteiger partial charge in [0.15, 0.2) is 3.92 Å². The van der Waals surface area contributed by atoms with Crippen LogP contribution in [0.3, 0.4) is 0 Å². The summed E-state index contributed by atoms with van der Waals surface area (Å²) in [4.78, 5) is 0. The molecule has 1 rings (SSSR count). The first kappa shape index (κ1) is 10.5. The largest absolute Gasteiger partial charge is 0.344 e. The number of aromatic nitrogens is 2. The van der Waals surface area contributed by atoms with Crippen molar-refractivity contribution in [1.29, 1.82) is 0 Å². The number of hydrogen-bond acceptors (Lipinski definition) is 4. The Kier molecular flexibility index (Phi) is 3.28. The first-order valence-corrected chi connectivity index (χ1v) is 5.45. The molecule has 1 aromatic heterocycles. The molecule has 13 heavy (non-hydrogen) atoms. The molecule has 1 N–H and O–H groups in total. The number of rotatable bonds is 3. The van der Waals surface area contributed by atoms with Crippen LogP contribution in [0.4, 0.5) is 5.13 Å². The van der Waals surface area contributed by atoms with E-state index in [0.29, 0.717) is 0 Å². The van der Waals surface area contributed by atoms with Crippen LogP contribution in [-0.4, -0.2) is 15.7 Å². The maximum Gasteiger partial charge on any atom is 0.207 e. The highest BCUT2D eigenvalue weighted by Crippen LogP contribution is 2.24. The van der Waals surface area contributed by atoms with Crippen LogP contribution in [0.15, 0.2) is 3.92 Å². The van der Waals surface area contributed by atoms with Crippen LogP contribution in [0.25, 0.3) is 0 Å². The Morgan fingerprint density at radius 2 is 2.38 bits per heavy atom. The van der Waals surface area contributed by atoms with E-state index in [9.17, 15) is 0 Å². The average molecular weight is 260 g/mol. The normalized spacial score (nSPS) is 14.6. The molecule has 0 saturated heterocycles. The molecule has 1 aromatic rings.